The predicted molar refractivity (Wildman–Crippen MR) is 75.0 cm³/mol. The normalized spacial score (nSPS) is 10.6. The van der Waals surface area contributed by atoms with Gasteiger partial charge in [-0.2, -0.15) is 0 Å². The van der Waals surface area contributed by atoms with E-state index in [9.17, 15) is 4.79 Å². The number of Topliss-reactive ketones (excluding diaryl/α,β-unsaturated/α-hetero) is 1. The number of benzene rings is 1. The van der Waals surface area contributed by atoms with Crippen LogP contribution in [0.2, 0.25) is 0 Å². The number of hydrogen-bond donors (Lipinski definition) is 0. The van der Waals surface area contributed by atoms with Crippen LogP contribution in [-0.2, 0) is 0 Å². The van der Waals surface area contributed by atoms with E-state index in [1.807, 2.05) is 48.5 Å². The Kier molecular flexibility index (Phi) is 2.80. The molecule has 92 valence electrons. The first-order valence-corrected chi connectivity index (χ1v) is 6.08. The van der Waals surface area contributed by atoms with Crippen LogP contribution < -0.4 is 0 Å². The molecule has 0 atom stereocenters. The Labute approximate surface area is 111 Å². The van der Waals surface area contributed by atoms with E-state index in [2.05, 4.69) is 9.97 Å². The Hall–Kier alpha value is -2.55. The van der Waals surface area contributed by atoms with Crippen LogP contribution in [0.15, 0.2) is 54.7 Å². The van der Waals surface area contributed by atoms with Gasteiger partial charge in [-0.05, 0) is 25.1 Å². The monoisotopic (exact) mass is 248 g/mol. The van der Waals surface area contributed by atoms with Gasteiger partial charge in [0.25, 0.3) is 0 Å². The number of aromatic nitrogens is 2. The lowest BCUT2D eigenvalue weighted by atomic mass is 10.0. The Morgan fingerprint density at radius 3 is 2.58 bits per heavy atom. The average Bonchev–Trinajstić information content (AvgIpc) is 2.47. The molecule has 2 aromatic heterocycles. The summed E-state index contributed by atoms with van der Waals surface area (Å²) in [5.41, 5.74) is 3.03. The Bertz CT molecular complexity index is 751. The van der Waals surface area contributed by atoms with Crippen LogP contribution in [0.3, 0.4) is 0 Å². The molecule has 3 rings (SSSR count). The molecule has 0 aliphatic heterocycles. The van der Waals surface area contributed by atoms with Gasteiger partial charge in [-0.15, -0.1) is 0 Å². The zero-order valence-electron chi connectivity index (χ0n) is 10.5. The second-order valence-electron chi connectivity index (χ2n) is 4.35. The van der Waals surface area contributed by atoms with Gasteiger partial charge in [0.1, 0.15) is 0 Å². The molecule has 0 fully saturated rings. The quantitative estimate of drug-likeness (QED) is 0.652. The molecule has 0 amide bonds. The molecular formula is C16H12N2O. The molecule has 0 bridgehead atoms. The summed E-state index contributed by atoms with van der Waals surface area (Å²) in [6, 6.07) is 15.3. The van der Waals surface area contributed by atoms with E-state index in [1.54, 1.807) is 13.1 Å². The highest BCUT2D eigenvalue weighted by Gasteiger charge is 2.10. The smallest absolute Gasteiger partial charge is 0.160 e. The summed E-state index contributed by atoms with van der Waals surface area (Å²) in [6.07, 6.45) is 1.69. The molecule has 0 radical (unpaired) electrons. The molecule has 19 heavy (non-hydrogen) atoms. The fraction of sp³-hybridized carbons (Fsp3) is 0.0625. The summed E-state index contributed by atoms with van der Waals surface area (Å²) in [5, 5.41) is 0.801. The van der Waals surface area contributed by atoms with Gasteiger partial charge in [0.05, 0.1) is 5.69 Å². The van der Waals surface area contributed by atoms with Gasteiger partial charge in [-0.3, -0.25) is 4.79 Å². The second kappa shape index (κ2) is 4.61. The zero-order chi connectivity index (χ0) is 13.2. The first-order valence-electron chi connectivity index (χ1n) is 6.08. The highest BCUT2D eigenvalue weighted by molar-refractivity contribution is 6.06. The lowest BCUT2D eigenvalue weighted by molar-refractivity contribution is 0.101. The number of nitrogens with zero attached hydrogens (tertiary/aromatic N) is 2. The number of pyridine rings is 2. The molecule has 0 saturated carbocycles. The predicted octanol–water partition coefficient (Wildman–Crippen LogP) is 3.50. The van der Waals surface area contributed by atoms with E-state index in [0.717, 1.165) is 16.6 Å². The average molecular weight is 248 g/mol. The molecule has 0 N–H and O–H groups in total. The fourth-order valence-corrected chi connectivity index (χ4v) is 2.11. The maximum atomic E-state index is 11.8. The maximum absolute atomic E-state index is 11.8. The number of carbonyl (C=O) groups excluding carboxylic acids is 1. The third-order valence-corrected chi connectivity index (χ3v) is 3.03. The van der Waals surface area contributed by atoms with Crippen molar-refractivity contribution >= 4 is 16.8 Å². The summed E-state index contributed by atoms with van der Waals surface area (Å²) in [5.74, 6) is 0.0255. The maximum Gasteiger partial charge on any atom is 0.160 e. The van der Waals surface area contributed by atoms with Crippen molar-refractivity contribution in [3.8, 4) is 11.3 Å². The van der Waals surface area contributed by atoms with Crippen LogP contribution in [0.5, 0.6) is 0 Å². The molecule has 0 aliphatic rings. The van der Waals surface area contributed by atoms with Gasteiger partial charge in [0, 0.05) is 22.7 Å². The highest BCUT2D eigenvalue weighted by Crippen LogP contribution is 2.23. The van der Waals surface area contributed by atoms with E-state index in [0.29, 0.717) is 11.2 Å². The Balaban J connectivity index is 2.31. The number of ketones is 1. The largest absolute Gasteiger partial charge is 0.294 e. The van der Waals surface area contributed by atoms with Crippen molar-refractivity contribution in [2.75, 3.05) is 0 Å². The summed E-state index contributed by atoms with van der Waals surface area (Å²) < 4.78 is 0. The molecule has 0 aliphatic carbocycles. The summed E-state index contributed by atoms with van der Waals surface area (Å²) in [4.78, 5) is 20.6. The molecule has 0 unspecified atom stereocenters. The minimum Gasteiger partial charge on any atom is -0.294 e. The molecule has 3 aromatic rings. The van der Waals surface area contributed by atoms with Gasteiger partial charge < -0.3 is 0 Å². The Morgan fingerprint density at radius 2 is 1.84 bits per heavy atom. The molecule has 3 nitrogen and oxygen atoms in total. The number of fused-ring (bicyclic) bond motifs is 1. The second-order valence-corrected chi connectivity index (χ2v) is 4.35. The van der Waals surface area contributed by atoms with Crippen molar-refractivity contribution in [2.24, 2.45) is 0 Å². The first-order chi connectivity index (χ1) is 9.25. The minimum atomic E-state index is 0.0255. The van der Waals surface area contributed by atoms with Crippen LogP contribution in [0.4, 0.5) is 0 Å². The molecule has 0 saturated heterocycles. The number of rotatable bonds is 2. The van der Waals surface area contributed by atoms with Crippen molar-refractivity contribution < 1.29 is 4.79 Å². The van der Waals surface area contributed by atoms with Crippen molar-refractivity contribution in [3.05, 3.63) is 60.3 Å². The molecule has 0 spiro atoms. The molecule has 1 aromatic carbocycles. The summed E-state index contributed by atoms with van der Waals surface area (Å²) >= 11 is 0. The zero-order valence-corrected chi connectivity index (χ0v) is 10.5. The first kappa shape index (κ1) is 11.5. The van der Waals surface area contributed by atoms with Gasteiger partial charge >= 0.3 is 0 Å². The standard InChI is InChI=1S/C16H12N2O/c1-11(19)14-10-15(12-6-3-2-4-7-12)18-16-13(14)8-5-9-17-16/h2-10H,1H3. The molecular weight excluding hydrogens is 236 g/mol. The lowest BCUT2D eigenvalue weighted by Crippen LogP contribution is -1.98. The van der Waals surface area contributed by atoms with Gasteiger partial charge in [-0.25, -0.2) is 9.97 Å². The lowest BCUT2D eigenvalue weighted by Gasteiger charge is -2.06. The third-order valence-electron chi connectivity index (χ3n) is 3.03. The third kappa shape index (κ3) is 2.10. The summed E-state index contributed by atoms with van der Waals surface area (Å²) in [6.45, 7) is 1.57. The van der Waals surface area contributed by atoms with Crippen molar-refractivity contribution in [3.63, 3.8) is 0 Å². The minimum absolute atomic E-state index is 0.0255. The topological polar surface area (TPSA) is 42.9 Å². The summed E-state index contributed by atoms with van der Waals surface area (Å²) in [7, 11) is 0. The molecule has 3 heteroatoms. The van der Waals surface area contributed by atoms with Crippen LogP contribution in [0.25, 0.3) is 22.3 Å². The van der Waals surface area contributed by atoms with E-state index in [4.69, 9.17) is 0 Å². The molecule has 2 heterocycles. The van der Waals surface area contributed by atoms with Crippen LogP contribution in [-0.4, -0.2) is 15.8 Å². The van der Waals surface area contributed by atoms with Gasteiger partial charge in [0.15, 0.2) is 11.4 Å². The van der Waals surface area contributed by atoms with Crippen molar-refractivity contribution in [2.45, 2.75) is 6.92 Å². The number of carbonyl (C=O) groups is 1. The van der Waals surface area contributed by atoms with Gasteiger partial charge in [0.2, 0.25) is 0 Å². The van der Waals surface area contributed by atoms with Crippen LogP contribution >= 0.6 is 0 Å². The van der Waals surface area contributed by atoms with Gasteiger partial charge in [-0.1, -0.05) is 30.3 Å². The van der Waals surface area contributed by atoms with Crippen LogP contribution in [0, 0.1) is 0 Å². The fourth-order valence-electron chi connectivity index (χ4n) is 2.11. The van der Waals surface area contributed by atoms with E-state index in [1.165, 1.54) is 0 Å². The van der Waals surface area contributed by atoms with E-state index in [-0.39, 0.29) is 5.78 Å². The highest BCUT2D eigenvalue weighted by atomic mass is 16.1. The van der Waals surface area contributed by atoms with Crippen molar-refractivity contribution in [1.29, 1.82) is 0 Å². The number of hydrogen-bond acceptors (Lipinski definition) is 3. The van der Waals surface area contributed by atoms with E-state index >= 15 is 0 Å². The van der Waals surface area contributed by atoms with Crippen molar-refractivity contribution in [1.82, 2.24) is 9.97 Å². The SMILES string of the molecule is CC(=O)c1cc(-c2ccccc2)nc2ncccc12. The van der Waals surface area contributed by atoms with Crippen LogP contribution in [0.1, 0.15) is 17.3 Å². The Morgan fingerprint density at radius 1 is 1.05 bits per heavy atom. The van der Waals surface area contributed by atoms with E-state index < -0.39 is 0 Å².